The summed E-state index contributed by atoms with van der Waals surface area (Å²) in [6.07, 6.45) is 11.4. The van der Waals surface area contributed by atoms with Crippen molar-refractivity contribution in [3.63, 3.8) is 0 Å². The molecule has 1 rings (SSSR count). The van der Waals surface area contributed by atoms with Crippen LogP contribution in [0.4, 0.5) is 0 Å². The van der Waals surface area contributed by atoms with Crippen molar-refractivity contribution in [2.45, 2.75) is 77.4 Å². The lowest BCUT2D eigenvalue weighted by Gasteiger charge is -2.23. The Morgan fingerprint density at radius 2 is 1.81 bits per heavy atom. The summed E-state index contributed by atoms with van der Waals surface area (Å²) in [4.78, 5) is 0. The first kappa shape index (κ1) is 14.0. The van der Waals surface area contributed by atoms with Gasteiger partial charge in [-0.05, 0) is 32.2 Å². The van der Waals surface area contributed by atoms with Crippen LogP contribution in [0.5, 0.6) is 0 Å². The molecule has 1 unspecified atom stereocenters. The zero-order chi connectivity index (χ0) is 11.6. The normalized spacial score (nSPS) is 20.6. The van der Waals surface area contributed by atoms with Crippen molar-refractivity contribution in [2.75, 3.05) is 13.1 Å². The second-order valence-electron chi connectivity index (χ2n) is 4.98. The maximum Gasteiger partial charge on any atom is 0.0700 e. The summed E-state index contributed by atoms with van der Waals surface area (Å²) in [5.41, 5.74) is 0. The van der Waals surface area contributed by atoms with Crippen molar-refractivity contribution < 1.29 is 4.74 Å². The Hall–Kier alpha value is -0.0800. The van der Waals surface area contributed by atoms with Crippen molar-refractivity contribution in [1.82, 2.24) is 5.32 Å². The van der Waals surface area contributed by atoms with Crippen LogP contribution in [0.2, 0.25) is 0 Å². The molecule has 0 amide bonds. The second kappa shape index (κ2) is 9.00. The first-order valence-corrected chi connectivity index (χ1v) is 7.23. The summed E-state index contributed by atoms with van der Waals surface area (Å²) in [6.45, 7) is 6.58. The van der Waals surface area contributed by atoms with Gasteiger partial charge < -0.3 is 10.1 Å². The molecular formula is C14H29NO. The molecule has 1 fully saturated rings. The van der Waals surface area contributed by atoms with Gasteiger partial charge in [-0.25, -0.2) is 0 Å². The monoisotopic (exact) mass is 227 g/mol. The molecule has 1 atom stereocenters. The van der Waals surface area contributed by atoms with E-state index in [-0.39, 0.29) is 0 Å². The van der Waals surface area contributed by atoms with Gasteiger partial charge in [0.15, 0.2) is 0 Å². The summed E-state index contributed by atoms with van der Waals surface area (Å²) in [6, 6.07) is 0. The molecule has 0 radical (unpaired) electrons. The van der Waals surface area contributed by atoms with E-state index in [9.17, 15) is 0 Å². The maximum atomic E-state index is 6.20. The quantitative estimate of drug-likeness (QED) is 0.531. The van der Waals surface area contributed by atoms with E-state index in [1.54, 1.807) is 0 Å². The van der Waals surface area contributed by atoms with E-state index in [0.29, 0.717) is 12.2 Å². The van der Waals surface area contributed by atoms with Crippen LogP contribution < -0.4 is 5.32 Å². The zero-order valence-corrected chi connectivity index (χ0v) is 11.1. The Morgan fingerprint density at radius 3 is 2.38 bits per heavy atom. The Balaban J connectivity index is 2.19. The van der Waals surface area contributed by atoms with Gasteiger partial charge in [-0.3, -0.25) is 0 Å². The highest BCUT2D eigenvalue weighted by Gasteiger charge is 2.16. The predicted molar refractivity (Wildman–Crippen MR) is 69.8 cm³/mol. The van der Waals surface area contributed by atoms with Crippen LogP contribution in [-0.2, 0) is 4.74 Å². The summed E-state index contributed by atoms with van der Waals surface area (Å²) < 4.78 is 6.20. The molecule has 0 aliphatic heterocycles. The highest BCUT2D eigenvalue weighted by molar-refractivity contribution is 4.68. The molecule has 2 heteroatoms. The average molecular weight is 227 g/mol. The highest BCUT2D eigenvalue weighted by Crippen LogP contribution is 2.21. The fourth-order valence-corrected chi connectivity index (χ4v) is 2.38. The van der Waals surface area contributed by atoms with Crippen molar-refractivity contribution in [3.05, 3.63) is 0 Å². The number of nitrogens with one attached hydrogen (secondary N) is 1. The molecule has 0 bridgehead atoms. The Bertz CT molecular complexity index is 153. The van der Waals surface area contributed by atoms with Crippen LogP contribution >= 0.6 is 0 Å². The predicted octanol–water partition coefficient (Wildman–Crippen LogP) is 3.50. The lowest BCUT2D eigenvalue weighted by Crippen LogP contribution is -2.32. The number of ether oxygens (including phenoxy) is 1. The molecule has 1 aliphatic carbocycles. The van der Waals surface area contributed by atoms with Crippen LogP contribution in [0.15, 0.2) is 0 Å². The fraction of sp³-hybridized carbons (Fsp3) is 1.00. The van der Waals surface area contributed by atoms with Gasteiger partial charge >= 0.3 is 0 Å². The van der Waals surface area contributed by atoms with E-state index in [1.807, 2.05) is 0 Å². The Morgan fingerprint density at radius 1 is 1.12 bits per heavy atom. The highest BCUT2D eigenvalue weighted by atomic mass is 16.5. The van der Waals surface area contributed by atoms with Crippen molar-refractivity contribution >= 4 is 0 Å². The summed E-state index contributed by atoms with van der Waals surface area (Å²) in [7, 11) is 0. The molecule has 0 aromatic heterocycles. The van der Waals surface area contributed by atoms with Gasteiger partial charge in [-0.15, -0.1) is 0 Å². The minimum Gasteiger partial charge on any atom is -0.374 e. The summed E-state index contributed by atoms with van der Waals surface area (Å²) in [5.74, 6) is 0. The van der Waals surface area contributed by atoms with E-state index >= 15 is 0 Å². The minimum absolute atomic E-state index is 0.426. The molecule has 0 spiro atoms. The van der Waals surface area contributed by atoms with E-state index in [4.69, 9.17) is 4.74 Å². The number of hydrogen-bond donors (Lipinski definition) is 1. The summed E-state index contributed by atoms with van der Waals surface area (Å²) >= 11 is 0. The van der Waals surface area contributed by atoms with Crippen LogP contribution in [0, 0.1) is 0 Å². The zero-order valence-electron chi connectivity index (χ0n) is 11.1. The molecule has 16 heavy (non-hydrogen) atoms. The Kier molecular flexibility index (Phi) is 7.87. The second-order valence-corrected chi connectivity index (χ2v) is 4.98. The van der Waals surface area contributed by atoms with Gasteiger partial charge in [0.2, 0.25) is 0 Å². The van der Waals surface area contributed by atoms with Gasteiger partial charge in [0, 0.05) is 6.54 Å². The molecule has 0 heterocycles. The largest absolute Gasteiger partial charge is 0.374 e. The number of rotatable bonds is 7. The van der Waals surface area contributed by atoms with Crippen LogP contribution in [0.25, 0.3) is 0 Å². The fourth-order valence-electron chi connectivity index (χ4n) is 2.38. The summed E-state index contributed by atoms with van der Waals surface area (Å²) in [5, 5.41) is 3.47. The van der Waals surface area contributed by atoms with Crippen LogP contribution in [-0.4, -0.2) is 25.3 Å². The van der Waals surface area contributed by atoms with Gasteiger partial charge in [0.25, 0.3) is 0 Å². The third-order valence-electron chi connectivity index (χ3n) is 3.44. The lowest BCUT2D eigenvalue weighted by molar-refractivity contribution is -0.0198. The van der Waals surface area contributed by atoms with E-state index in [2.05, 4.69) is 19.2 Å². The van der Waals surface area contributed by atoms with Crippen LogP contribution in [0.1, 0.15) is 65.2 Å². The van der Waals surface area contributed by atoms with Crippen molar-refractivity contribution in [2.24, 2.45) is 0 Å². The van der Waals surface area contributed by atoms with Crippen LogP contribution in [0.3, 0.4) is 0 Å². The standard InChI is InChI=1S/C14H29NO/c1-3-11-15-12-13(4-2)16-14-9-7-5-6-8-10-14/h13-15H,3-12H2,1-2H3. The van der Waals surface area contributed by atoms with Gasteiger partial charge in [0.05, 0.1) is 12.2 Å². The average Bonchev–Trinajstić information content (AvgIpc) is 2.56. The molecule has 1 N–H and O–H groups in total. The molecule has 0 aromatic carbocycles. The number of hydrogen-bond acceptors (Lipinski definition) is 2. The first-order chi connectivity index (χ1) is 7.86. The molecule has 1 saturated carbocycles. The van der Waals surface area contributed by atoms with E-state index in [0.717, 1.165) is 19.5 Å². The smallest absolute Gasteiger partial charge is 0.0700 e. The van der Waals surface area contributed by atoms with Crippen molar-refractivity contribution in [1.29, 1.82) is 0 Å². The lowest BCUT2D eigenvalue weighted by atomic mass is 10.1. The molecule has 0 saturated heterocycles. The molecule has 2 nitrogen and oxygen atoms in total. The van der Waals surface area contributed by atoms with Crippen molar-refractivity contribution in [3.8, 4) is 0 Å². The molecule has 1 aliphatic rings. The Labute approximate surface area is 101 Å². The third kappa shape index (κ3) is 5.86. The SMILES string of the molecule is CCCNCC(CC)OC1CCCCCC1. The van der Waals surface area contributed by atoms with E-state index < -0.39 is 0 Å². The molecular weight excluding hydrogens is 198 g/mol. The van der Waals surface area contributed by atoms with Gasteiger partial charge in [0.1, 0.15) is 0 Å². The third-order valence-corrected chi connectivity index (χ3v) is 3.44. The minimum atomic E-state index is 0.426. The molecule has 96 valence electrons. The molecule has 0 aromatic rings. The topological polar surface area (TPSA) is 21.3 Å². The maximum absolute atomic E-state index is 6.20. The van der Waals surface area contributed by atoms with Gasteiger partial charge in [-0.2, -0.15) is 0 Å². The van der Waals surface area contributed by atoms with E-state index in [1.165, 1.54) is 44.9 Å². The first-order valence-electron chi connectivity index (χ1n) is 7.23. The van der Waals surface area contributed by atoms with Gasteiger partial charge in [-0.1, -0.05) is 39.5 Å².